The van der Waals surface area contributed by atoms with E-state index in [1.807, 2.05) is 19.1 Å². The largest absolute Gasteiger partial charge is 0.501 e. The molecule has 0 saturated carbocycles. The molecule has 1 aromatic heterocycles. The van der Waals surface area contributed by atoms with Gasteiger partial charge < -0.3 is 14.9 Å². The third-order valence-electron chi connectivity index (χ3n) is 2.21. The molecule has 3 heteroatoms. The summed E-state index contributed by atoms with van der Waals surface area (Å²) in [5, 5.41) is 0. The first-order valence-corrected chi connectivity index (χ1v) is 4.40. The highest BCUT2D eigenvalue weighted by Gasteiger charge is 2.18. The average Bonchev–Trinajstić information content (AvgIpc) is 2.72. The molecule has 3 nitrogen and oxygen atoms in total. The Morgan fingerprint density at radius 3 is 2.85 bits per heavy atom. The number of hydrogen-bond acceptors (Lipinski definition) is 3. The Morgan fingerprint density at radius 1 is 1.46 bits per heavy atom. The first-order valence-electron chi connectivity index (χ1n) is 4.40. The van der Waals surface area contributed by atoms with Crippen LogP contribution >= 0.6 is 0 Å². The van der Waals surface area contributed by atoms with E-state index in [1.54, 1.807) is 6.26 Å². The van der Waals surface area contributed by atoms with E-state index in [2.05, 4.69) is 0 Å². The van der Waals surface area contributed by atoms with Crippen molar-refractivity contribution < 1.29 is 9.15 Å². The molecule has 0 saturated heterocycles. The number of ether oxygens (including phenoxy) is 1. The second-order valence-corrected chi connectivity index (χ2v) is 3.24. The Bertz CT molecular complexity index is 327. The van der Waals surface area contributed by atoms with Crippen LogP contribution in [0.15, 0.2) is 28.4 Å². The van der Waals surface area contributed by atoms with Crippen LogP contribution in [0.4, 0.5) is 0 Å². The average molecular weight is 179 g/mol. The molecule has 1 atom stereocenters. The van der Waals surface area contributed by atoms with Crippen LogP contribution in [0.5, 0.6) is 0 Å². The minimum absolute atomic E-state index is 0.142. The third kappa shape index (κ3) is 1.60. The van der Waals surface area contributed by atoms with Gasteiger partial charge >= 0.3 is 0 Å². The van der Waals surface area contributed by atoms with Gasteiger partial charge in [-0.15, -0.1) is 0 Å². The maximum absolute atomic E-state index is 5.97. The summed E-state index contributed by atoms with van der Waals surface area (Å²) in [6, 6.07) is 3.70. The molecule has 0 spiro atoms. The maximum atomic E-state index is 5.97. The second-order valence-electron chi connectivity index (χ2n) is 3.24. The van der Waals surface area contributed by atoms with Crippen molar-refractivity contribution in [3.05, 3.63) is 35.5 Å². The lowest BCUT2D eigenvalue weighted by Crippen LogP contribution is -2.11. The van der Waals surface area contributed by atoms with Gasteiger partial charge in [-0.05, 0) is 24.6 Å². The summed E-state index contributed by atoms with van der Waals surface area (Å²) in [6.07, 6.45) is 2.64. The Balaban J connectivity index is 2.16. The van der Waals surface area contributed by atoms with Crippen LogP contribution in [0.25, 0.3) is 0 Å². The molecule has 0 bridgehead atoms. The molecule has 1 unspecified atom stereocenters. The highest BCUT2D eigenvalue weighted by Crippen LogP contribution is 2.26. The van der Waals surface area contributed by atoms with E-state index in [0.717, 1.165) is 30.1 Å². The smallest absolute Gasteiger partial charge is 0.125 e. The number of nitrogens with two attached hydrogens (primary N) is 1. The zero-order chi connectivity index (χ0) is 9.26. The molecule has 70 valence electrons. The van der Waals surface area contributed by atoms with Gasteiger partial charge in [-0.3, -0.25) is 0 Å². The molecular weight excluding hydrogens is 166 g/mol. The van der Waals surface area contributed by atoms with Crippen LogP contribution < -0.4 is 5.73 Å². The molecule has 1 aliphatic heterocycles. The van der Waals surface area contributed by atoms with E-state index < -0.39 is 0 Å². The predicted molar refractivity (Wildman–Crippen MR) is 49.0 cm³/mol. The minimum Gasteiger partial charge on any atom is -0.501 e. The normalized spacial score (nSPS) is 18.2. The summed E-state index contributed by atoms with van der Waals surface area (Å²) in [5.74, 6) is 1.71. The van der Waals surface area contributed by atoms with Crippen molar-refractivity contribution in [1.82, 2.24) is 0 Å². The molecule has 0 amide bonds. The van der Waals surface area contributed by atoms with Crippen molar-refractivity contribution in [2.75, 3.05) is 6.61 Å². The van der Waals surface area contributed by atoms with E-state index in [0.29, 0.717) is 0 Å². The van der Waals surface area contributed by atoms with E-state index in [1.165, 1.54) is 0 Å². The zero-order valence-corrected chi connectivity index (χ0v) is 7.62. The van der Waals surface area contributed by atoms with Gasteiger partial charge in [0.1, 0.15) is 11.5 Å². The molecule has 2 N–H and O–H groups in total. The fourth-order valence-corrected chi connectivity index (χ4v) is 1.43. The summed E-state index contributed by atoms with van der Waals surface area (Å²) in [6.45, 7) is 2.65. The third-order valence-corrected chi connectivity index (χ3v) is 2.21. The quantitative estimate of drug-likeness (QED) is 0.754. The number of furan rings is 1. The fourth-order valence-electron chi connectivity index (χ4n) is 1.43. The van der Waals surface area contributed by atoms with Crippen molar-refractivity contribution >= 4 is 0 Å². The molecule has 0 aromatic carbocycles. The maximum Gasteiger partial charge on any atom is 0.125 e. The Kier molecular flexibility index (Phi) is 2.10. The zero-order valence-electron chi connectivity index (χ0n) is 7.62. The number of rotatable bonds is 2. The Labute approximate surface area is 77.2 Å². The summed E-state index contributed by atoms with van der Waals surface area (Å²) in [5.41, 5.74) is 7.08. The molecule has 0 fully saturated rings. The predicted octanol–water partition coefficient (Wildman–Crippen LogP) is 1.89. The van der Waals surface area contributed by atoms with Gasteiger partial charge in [-0.1, -0.05) is 0 Å². The highest BCUT2D eigenvalue weighted by molar-refractivity contribution is 5.21. The standard InChI is InChI=1S/C10H13NO2/c1-7-2-3-9(13-7)10(11)8-4-5-12-6-8/h2-3,6,10H,4-5,11H2,1H3. The number of aryl methyl sites for hydroxylation is 1. The first-order chi connectivity index (χ1) is 6.27. The molecule has 0 aliphatic carbocycles. The van der Waals surface area contributed by atoms with Crippen LogP contribution in [0.1, 0.15) is 24.0 Å². The lowest BCUT2D eigenvalue weighted by Gasteiger charge is -2.07. The highest BCUT2D eigenvalue weighted by atomic mass is 16.5. The van der Waals surface area contributed by atoms with Crippen LogP contribution in [0.3, 0.4) is 0 Å². The van der Waals surface area contributed by atoms with Crippen molar-refractivity contribution in [3.8, 4) is 0 Å². The lowest BCUT2D eigenvalue weighted by molar-refractivity contribution is 0.281. The van der Waals surface area contributed by atoms with E-state index in [9.17, 15) is 0 Å². The topological polar surface area (TPSA) is 48.4 Å². The SMILES string of the molecule is Cc1ccc(C(N)C2=COCC2)o1. The molecule has 0 radical (unpaired) electrons. The monoisotopic (exact) mass is 179 g/mol. The van der Waals surface area contributed by atoms with Gasteiger partial charge in [-0.2, -0.15) is 0 Å². The van der Waals surface area contributed by atoms with Gasteiger partial charge in [0.25, 0.3) is 0 Å². The van der Waals surface area contributed by atoms with E-state index in [4.69, 9.17) is 14.9 Å². The van der Waals surface area contributed by atoms with Gasteiger partial charge in [0, 0.05) is 6.42 Å². The lowest BCUT2D eigenvalue weighted by atomic mass is 10.1. The van der Waals surface area contributed by atoms with Crippen LogP contribution in [0, 0.1) is 6.92 Å². The van der Waals surface area contributed by atoms with Gasteiger partial charge in [0.15, 0.2) is 0 Å². The second kappa shape index (κ2) is 3.26. The minimum atomic E-state index is -0.142. The van der Waals surface area contributed by atoms with Crippen LogP contribution in [-0.2, 0) is 4.74 Å². The van der Waals surface area contributed by atoms with Crippen LogP contribution in [0.2, 0.25) is 0 Å². The van der Waals surface area contributed by atoms with Crippen molar-refractivity contribution in [1.29, 1.82) is 0 Å². The molecule has 2 rings (SSSR count). The summed E-state index contributed by atoms with van der Waals surface area (Å²) >= 11 is 0. The fraction of sp³-hybridized carbons (Fsp3) is 0.400. The number of hydrogen-bond donors (Lipinski definition) is 1. The molecule has 1 aliphatic rings. The van der Waals surface area contributed by atoms with Gasteiger partial charge in [-0.25, -0.2) is 0 Å². The Morgan fingerprint density at radius 2 is 2.31 bits per heavy atom. The van der Waals surface area contributed by atoms with E-state index in [-0.39, 0.29) is 6.04 Å². The van der Waals surface area contributed by atoms with Gasteiger partial charge in [0.2, 0.25) is 0 Å². The van der Waals surface area contributed by atoms with Gasteiger partial charge in [0.05, 0.1) is 18.9 Å². The Hall–Kier alpha value is -1.22. The first kappa shape index (κ1) is 8.38. The van der Waals surface area contributed by atoms with Crippen molar-refractivity contribution in [2.24, 2.45) is 5.73 Å². The van der Waals surface area contributed by atoms with Crippen molar-refractivity contribution in [2.45, 2.75) is 19.4 Å². The molecular formula is C10H13NO2. The van der Waals surface area contributed by atoms with E-state index >= 15 is 0 Å². The summed E-state index contributed by atoms with van der Waals surface area (Å²) < 4.78 is 10.6. The molecule has 13 heavy (non-hydrogen) atoms. The van der Waals surface area contributed by atoms with Crippen LogP contribution in [-0.4, -0.2) is 6.61 Å². The van der Waals surface area contributed by atoms with Crippen molar-refractivity contribution in [3.63, 3.8) is 0 Å². The summed E-state index contributed by atoms with van der Waals surface area (Å²) in [4.78, 5) is 0. The summed E-state index contributed by atoms with van der Waals surface area (Å²) in [7, 11) is 0. The molecule has 2 heterocycles. The molecule has 1 aromatic rings.